The van der Waals surface area contributed by atoms with Crippen molar-refractivity contribution in [3.63, 3.8) is 0 Å². The maximum atomic E-state index is 12.9. The molecule has 1 N–H and O–H groups in total. The second kappa shape index (κ2) is 6.37. The smallest absolute Gasteiger partial charge is 0.246 e. The summed E-state index contributed by atoms with van der Waals surface area (Å²) in [4.78, 5) is 27.1. The first-order chi connectivity index (χ1) is 9.84. The summed E-state index contributed by atoms with van der Waals surface area (Å²) < 4.78 is 0. The predicted molar refractivity (Wildman–Crippen MR) is 83.7 cm³/mol. The fourth-order valence-electron chi connectivity index (χ4n) is 3.98. The molecule has 1 aliphatic heterocycles. The number of nitrogens with one attached hydrogen (secondary N) is 1. The molecule has 1 aliphatic carbocycles. The standard InChI is InChI=1S/C17H30N2O2/c1-10(2)13-8-6-7-9-14(13)19-12(5)16(20)18-15(11(3)4)17(19)21/h10-15H,6-9H2,1-5H3,(H,18,20). The van der Waals surface area contributed by atoms with Crippen molar-refractivity contribution in [2.45, 2.75) is 78.4 Å². The van der Waals surface area contributed by atoms with E-state index in [9.17, 15) is 9.59 Å². The van der Waals surface area contributed by atoms with Crippen LogP contribution in [0.25, 0.3) is 0 Å². The molecule has 0 aromatic heterocycles. The molecule has 2 amide bonds. The van der Waals surface area contributed by atoms with Crippen LogP contribution in [0, 0.1) is 17.8 Å². The van der Waals surface area contributed by atoms with Gasteiger partial charge in [-0.05, 0) is 37.5 Å². The van der Waals surface area contributed by atoms with Crippen LogP contribution in [0.1, 0.15) is 60.3 Å². The quantitative estimate of drug-likeness (QED) is 0.869. The maximum Gasteiger partial charge on any atom is 0.246 e. The number of hydrogen-bond donors (Lipinski definition) is 1. The van der Waals surface area contributed by atoms with Crippen LogP contribution in [0.3, 0.4) is 0 Å². The molecule has 0 bridgehead atoms. The first-order valence-corrected chi connectivity index (χ1v) is 8.47. The van der Waals surface area contributed by atoms with Crippen molar-refractivity contribution >= 4 is 11.8 Å². The number of carbonyl (C=O) groups is 2. The average Bonchev–Trinajstić information content (AvgIpc) is 2.43. The van der Waals surface area contributed by atoms with E-state index in [4.69, 9.17) is 0 Å². The van der Waals surface area contributed by atoms with Crippen LogP contribution in [0.4, 0.5) is 0 Å². The first kappa shape index (κ1) is 16.3. The molecule has 4 unspecified atom stereocenters. The lowest BCUT2D eigenvalue weighted by atomic mass is 9.76. The van der Waals surface area contributed by atoms with Crippen LogP contribution in [-0.4, -0.2) is 34.8 Å². The molecule has 4 heteroatoms. The first-order valence-electron chi connectivity index (χ1n) is 8.47. The molecule has 2 fully saturated rings. The van der Waals surface area contributed by atoms with Gasteiger partial charge in [0.2, 0.25) is 11.8 Å². The van der Waals surface area contributed by atoms with Gasteiger partial charge in [-0.2, -0.15) is 0 Å². The molecule has 0 aromatic carbocycles. The summed E-state index contributed by atoms with van der Waals surface area (Å²) in [6, 6.07) is -0.464. The van der Waals surface area contributed by atoms with Gasteiger partial charge in [0, 0.05) is 6.04 Å². The zero-order valence-electron chi connectivity index (χ0n) is 14.1. The van der Waals surface area contributed by atoms with E-state index in [1.54, 1.807) is 0 Å². The van der Waals surface area contributed by atoms with Crippen LogP contribution < -0.4 is 5.32 Å². The van der Waals surface area contributed by atoms with Crippen LogP contribution in [-0.2, 0) is 9.59 Å². The van der Waals surface area contributed by atoms with E-state index in [-0.39, 0.29) is 35.9 Å². The molecule has 4 atom stereocenters. The van der Waals surface area contributed by atoms with Gasteiger partial charge in [0.15, 0.2) is 0 Å². The van der Waals surface area contributed by atoms with Crippen molar-refractivity contribution < 1.29 is 9.59 Å². The van der Waals surface area contributed by atoms with Gasteiger partial charge >= 0.3 is 0 Å². The van der Waals surface area contributed by atoms with Crippen molar-refractivity contribution in [3.05, 3.63) is 0 Å². The number of carbonyl (C=O) groups excluding carboxylic acids is 2. The molecule has 1 saturated heterocycles. The SMILES string of the molecule is CC(C)C1NC(=O)C(C)N(C2CCCCC2C(C)C)C1=O. The second-order valence-corrected chi connectivity index (χ2v) is 7.41. The van der Waals surface area contributed by atoms with E-state index >= 15 is 0 Å². The topological polar surface area (TPSA) is 49.4 Å². The molecule has 0 radical (unpaired) electrons. The summed E-state index contributed by atoms with van der Waals surface area (Å²) in [7, 11) is 0. The summed E-state index contributed by atoms with van der Waals surface area (Å²) in [6.07, 6.45) is 4.62. The highest BCUT2D eigenvalue weighted by molar-refractivity contribution is 5.97. The molecular weight excluding hydrogens is 264 g/mol. The Bertz CT molecular complexity index is 406. The van der Waals surface area contributed by atoms with Crippen LogP contribution >= 0.6 is 0 Å². The Balaban J connectivity index is 2.28. The van der Waals surface area contributed by atoms with Gasteiger partial charge in [0.25, 0.3) is 0 Å². The highest BCUT2D eigenvalue weighted by Gasteiger charge is 2.45. The molecule has 120 valence electrons. The molecule has 1 saturated carbocycles. The van der Waals surface area contributed by atoms with Gasteiger partial charge in [-0.3, -0.25) is 9.59 Å². The molecular formula is C17H30N2O2. The summed E-state index contributed by atoms with van der Waals surface area (Å²) in [6.45, 7) is 10.3. The Kier molecular flexibility index (Phi) is 4.95. The lowest BCUT2D eigenvalue weighted by Crippen LogP contribution is -2.67. The molecule has 2 rings (SSSR count). The highest BCUT2D eigenvalue weighted by atomic mass is 16.2. The number of nitrogens with zero attached hydrogens (tertiary/aromatic N) is 1. The molecule has 0 spiro atoms. The molecule has 21 heavy (non-hydrogen) atoms. The zero-order chi connectivity index (χ0) is 15.7. The van der Waals surface area contributed by atoms with Crippen molar-refractivity contribution in [1.29, 1.82) is 0 Å². The Morgan fingerprint density at radius 3 is 2.24 bits per heavy atom. The minimum Gasteiger partial charge on any atom is -0.342 e. The van der Waals surface area contributed by atoms with E-state index in [1.807, 2.05) is 25.7 Å². The number of rotatable bonds is 3. The van der Waals surface area contributed by atoms with E-state index in [0.717, 1.165) is 6.42 Å². The highest BCUT2D eigenvalue weighted by Crippen LogP contribution is 2.36. The zero-order valence-corrected chi connectivity index (χ0v) is 14.1. The second-order valence-electron chi connectivity index (χ2n) is 7.41. The number of amides is 2. The monoisotopic (exact) mass is 294 g/mol. The Labute approximate surface area is 128 Å². The molecule has 4 nitrogen and oxygen atoms in total. The van der Waals surface area contributed by atoms with Gasteiger partial charge in [0.1, 0.15) is 12.1 Å². The van der Waals surface area contributed by atoms with E-state index in [2.05, 4.69) is 19.2 Å². The summed E-state index contributed by atoms with van der Waals surface area (Å²) in [5, 5.41) is 2.90. The lowest BCUT2D eigenvalue weighted by molar-refractivity contribution is -0.155. The van der Waals surface area contributed by atoms with Crippen LogP contribution in [0.5, 0.6) is 0 Å². The van der Waals surface area contributed by atoms with Crippen LogP contribution in [0.15, 0.2) is 0 Å². The lowest BCUT2D eigenvalue weighted by Gasteiger charge is -2.48. The van der Waals surface area contributed by atoms with Crippen molar-refractivity contribution in [3.8, 4) is 0 Å². The van der Waals surface area contributed by atoms with Gasteiger partial charge in [-0.15, -0.1) is 0 Å². The Hall–Kier alpha value is -1.06. The summed E-state index contributed by atoms with van der Waals surface area (Å²) in [5.74, 6) is 1.33. The third-order valence-electron chi connectivity index (χ3n) is 5.28. The molecule has 1 heterocycles. The third kappa shape index (κ3) is 3.09. The number of piperazine rings is 1. The Morgan fingerprint density at radius 1 is 1.05 bits per heavy atom. The van der Waals surface area contributed by atoms with E-state index < -0.39 is 0 Å². The molecule has 0 aromatic rings. The van der Waals surface area contributed by atoms with Gasteiger partial charge in [-0.25, -0.2) is 0 Å². The van der Waals surface area contributed by atoms with Gasteiger partial charge in [0.05, 0.1) is 0 Å². The summed E-state index contributed by atoms with van der Waals surface area (Å²) in [5.41, 5.74) is 0. The maximum absolute atomic E-state index is 12.9. The Morgan fingerprint density at radius 2 is 1.67 bits per heavy atom. The normalized spacial score (nSPS) is 34.5. The van der Waals surface area contributed by atoms with E-state index in [1.165, 1.54) is 19.3 Å². The minimum absolute atomic E-state index is 0.00128. The van der Waals surface area contributed by atoms with Gasteiger partial charge < -0.3 is 10.2 Å². The van der Waals surface area contributed by atoms with Crippen molar-refractivity contribution in [2.75, 3.05) is 0 Å². The predicted octanol–water partition coefficient (Wildman–Crippen LogP) is 2.57. The third-order valence-corrected chi connectivity index (χ3v) is 5.28. The van der Waals surface area contributed by atoms with Gasteiger partial charge in [-0.1, -0.05) is 40.5 Å². The fraction of sp³-hybridized carbons (Fsp3) is 0.882. The average molecular weight is 294 g/mol. The number of hydrogen-bond acceptors (Lipinski definition) is 2. The molecule has 2 aliphatic rings. The summed E-state index contributed by atoms with van der Waals surface area (Å²) >= 11 is 0. The minimum atomic E-state index is -0.358. The van der Waals surface area contributed by atoms with Crippen LogP contribution in [0.2, 0.25) is 0 Å². The van der Waals surface area contributed by atoms with Crippen molar-refractivity contribution in [2.24, 2.45) is 17.8 Å². The largest absolute Gasteiger partial charge is 0.342 e. The van der Waals surface area contributed by atoms with E-state index in [0.29, 0.717) is 11.8 Å². The van der Waals surface area contributed by atoms with Crippen molar-refractivity contribution in [1.82, 2.24) is 10.2 Å². The fourth-order valence-corrected chi connectivity index (χ4v) is 3.98.